The Bertz CT molecular complexity index is 611. The van der Waals surface area contributed by atoms with Gasteiger partial charge in [-0.25, -0.2) is 9.78 Å². The predicted molar refractivity (Wildman–Crippen MR) is 81.9 cm³/mol. The first kappa shape index (κ1) is 14.8. The maximum atomic E-state index is 11.4. The van der Waals surface area contributed by atoms with E-state index < -0.39 is 0 Å². The normalized spacial score (nSPS) is 10.3. The first-order valence-electron chi connectivity index (χ1n) is 6.63. The fourth-order valence-electron chi connectivity index (χ4n) is 1.73. The molecule has 0 aliphatic heterocycles. The van der Waals surface area contributed by atoms with Gasteiger partial charge in [-0.1, -0.05) is 0 Å². The molecule has 0 bridgehead atoms. The van der Waals surface area contributed by atoms with Gasteiger partial charge in [0.25, 0.3) is 0 Å². The van der Waals surface area contributed by atoms with E-state index in [1.54, 1.807) is 30.5 Å². The molecule has 110 valence electrons. The van der Waals surface area contributed by atoms with E-state index in [9.17, 15) is 4.79 Å². The van der Waals surface area contributed by atoms with Crippen LogP contribution in [0.3, 0.4) is 0 Å². The lowest BCUT2D eigenvalue weighted by Gasteiger charge is -2.10. The number of hydrogen-bond acceptors (Lipinski definition) is 6. The van der Waals surface area contributed by atoms with Gasteiger partial charge < -0.3 is 15.4 Å². The smallest absolute Gasteiger partial charge is 0.337 e. The Labute approximate surface area is 123 Å². The quantitative estimate of drug-likeness (QED) is 0.823. The summed E-state index contributed by atoms with van der Waals surface area (Å²) in [6, 6.07) is 9.03. The van der Waals surface area contributed by atoms with E-state index in [4.69, 9.17) is 0 Å². The van der Waals surface area contributed by atoms with Crippen LogP contribution in [0.2, 0.25) is 0 Å². The fraction of sp³-hybridized carbons (Fsp3) is 0.267. The zero-order valence-corrected chi connectivity index (χ0v) is 12.3. The second-order valence-corrected chi connectivity index (χ2v) is 4.76. The Morgan fingerprint density at radius 3 is 2.52 bits per heavy atom. The van der Waals surface area contributed by atoms with Gasteiger partial charge in [-0.3, -0.25) is 0 Å². The second-order valence-electron chi connectivity index (χ2n) is 4.76. The highest BCUT2D eigenvalue weighted by molar-refractivity contribution is 5.89. The number of hydrogen-bond donors (Lipinski definition) is 2. The maximum absolute atomic E-state index is 11.4. The van der Waals surface area contributed by atoms with E-state index >= 15 is 0 Å². The number of nitrogens with zero attached hydrogens (tertiary/aromatic N) is 2. The molecule has 1 heterocycles. The molecule has 0 unspecified atom stereocenters. The number of ether oxygens (including phenoxy) is 1. The molecule has 2 N–H and O–H groups in total. The number of methoxy groups -OCH3 is 1. The summed E-state index contributed by atoms with van der Waals surface area (Å²) in [5, 5.41) is 6.30. The third kappa shape index (κ3) is 4.17. The molecular weight excluding hydrogens is 268 g/mol. The predicted octanol–water partition coefficient (Wildman–Crippen LogP) is 2.83. The summed E-state index contributed by atoms with van der Waals surface area (Å²) in [5.41, 5.74) is 1.29. The van der Waals surface area contributed by atoms with Crippen molar-refractivity contribution in [1.29, 1.82) is 0 Å². The van der Waals surface area contributed by atoms with Crippen molar-refractivity contribution in [2.45, 2.75) is 19.9 Å². The zero-order valence-electron chi connectivity index (χ0n) is 12.3. The molecule has 21 heavy (non-hydrogen) atoms. The summed E-state index contributed by atoms with van der Waals surface area (Å²) in [6.07, 6.45) is 1.68. The molecule has 0 atom stereocenters. The molecule has 2 rings (SSSR count). The van der Waals surface area contributed by atoms with Gasteiger partial charge in [0.1, 0.15) is 5.82 Å². The number of rotatable bonds is 5. The van der Waals surface area contributed by atoms with Gasteiger partial charge in [0.15, 0.2) is 0 Å². The Morgan fingerprint density at radius 1 is 1.19 bits per heavy atom. The molecule has 0 amide bonds. The van der Waals surface area contributed by atoms with Gasteiger partial charge in [0.05, 0.1) is 12.7 Å². The standard InChI is InChI=1S/C15H18N4O2/c1-10(2)17-13-8-9-16-15(19-13)18-12-6-4-11(5-7-12)14(20)21-3/h4-10H,1-3H3,(H2,16,17,18,19). The lowest BCUT2D eigenvalue weighted by atomic mass is 10.2. The first-order chi connectivity index (χ1) is 10.1. The number of esters is 1. The van der Waals surface area contributed by atoms with Crippen molar-refractivity contribution in [3.05, 3.63) is 42.1 Å². The van der Waals surface area contributed by atoms with E-state index in [0.29, 0.717) is 17.6 Å². The minimum absolute atomic E-state index is 0.298. The summed E-state index contributed by atoms with van der Waals surface area (Å²) >= 11 is 0. The molecule has 1 aromatic carbocycles. The van der Waals surface area contributed by atoms with Gasteiger partial charge in [0.2, 0.25) is 5.95 Å². The third-order valence-corrected chi connectivity index (χ3v) is 2.65. The van der Waals surface area contributed by atoms with Crippen LogP contribution in [0.15, 0.2) is 36.5 Å². The van der Waals surface area contributed by atoms with Crippen molar-refractivity contribution in [2.24, 2.45) is 0 Å². The van der Waals surface area contributed by atoms with Crippen LogP contribution in [-0.4, -0.2) is 29.1 Å². The highest BCUT2D eigenvalue weighted by Gasteiger charge is 2.05. The molecular formula is C15H18N4O2. The Kier molecular flexibility index (Phi) is 4.71. The molecule has 2 aromatic rings. The molecule has 0 aliphatic carbocycles. The molecule has 0 spiro atoms. The molecule has 0 aliphatic rings. The lowest BCUT2D eigenvalue weighted by Crippen LogP contribution is -2.11. The second kappa shape index (κ2) is 6.69. The minimum Gasteiger partial charge on any atom is -0.465 e. The SMILES string of the molecule is COC(=O)c1ccc(Nc2nccc(NC(C)C)n2)cc1. The molecule has 6 heteroatoms. The largest absolute Gasteiger partial charge is 0.465 e. The van der Waals surface area contributed by atoms with Crippen LogP contribution in [0, 0.1) is 0 Å². The van der Waals surface area contributed by atoms with Gasteiger partial charge >= 0.3 is 5.97 Å². The number of aromatic nitrogens is 2. The van der Waals surface area contributed by atoms with E-state index in [1.807, 2.05) is 19.9 Å². The summed E-state index contributed by atoms with van der Waals surface area (Å²) in [6.45, 7) is 4.08. The number of anilines is 3. The number of carbonyl (C=O) groups excluding carboxylic acids is 1. The van der Waals surface area contributed by atoms with Crippen molar-refractivity contribution in [3.63, 3.8) is 0 Å². The average molecular weight is 286 g/mol. The average Bonchev–Trinajstić information content (AvgIpc) is 2.47. The fourth-order valence-corrected chi connectivity index (χ4v) is 1.73. The minimum atomic E-state index is -0.360. The number of carbonyl (C=O) groups is 1. The molecule has 6 nitrogen and oxygen atoms in total. The van der Waals surface area contributed by atoms with Crippen LogP contribution in [0.25, 0.3) is 0 Å². The van der Waals surface area contributed by atoms with E-state index in [-0.39, 0.29) is 5.97 Å². The molecule has 0 fully saturated rings. The van der Waals surface area contributed by atoms with E-state index in [1.165, 1.54) is 7.11 Å². The van der Waals surface area contributed by atoms with Crippen molar-refractivity contribution in [1.82, 2.24) is 9.97 Å². The molecule has 0 saturated heterocycles. The van der Waals surface area contributed by atoms with Crippen LogP contribution >= 0.6 is 0 Å². The van der Waals surface area contributed by atoms with Gasteiger partial charge in [-0.15, -0.1) is 0 Å². The van der Waals surface area contributed by atoms with E-state index in [2.05, 4.69) is 25.3 Å². The van der Waals surface area contributed by atoms with Crippen molar-refractivity contribution >= 4 is 23.4 Å². The summed E-state index contributed by atoms with van der Waals surface area (Å²) < 4.78 is 4.65. The van der Waals surface area contributed by atoms with Crippen molar-refractivity contribution in [3.8, 4) is 0 Å². The van der Waals surface area contributed by atoms with Crippen molar-refractivity contribution in [2.75, 3.05) is 17.7 Å². The highest BCUT2D eigenvalue weighted by atomic mass is 16.5. The summed E-state index contributed by atoms with van der Waals surface area (Å²) in [7, 11) is 1.36. The van der Waals surface area contributed by atoms with Crippen LogP contribution < -0.4 is 10.6 Å². The Hall–Kier alpha value is -2.63. The summed E-state index contributed by atoms with van der Waals surface area (Å²) in [4.78, 5) is 19.9. The number of benzene rings is 1. The van der Waals surface area contributed by atoms with Crippen LogP contribution in [0.5, 0.6) is 0 Å². The van der Waals surface area contributed by atoms with Gasteiger partial charge in [-0.05, 0) is 44.2 Å². The lowest BCUT2D eigenvalue weighted by molar-refractivity contribution is 0.0601. The summed E-state index contributed by atoms with van der Waals surface area (Å²) in [5.74, 6) is 0.890. The highest BCUT2D eigenvalue weighted by Crippen LogP contribution is 2.15. The van der Waals surface area contributed by atoms with Crippen LogP contribution in [0.4, 0.5) is 17.5 Å². The van der Waals surface area contributed by atoms with E-state index in [0.717, 1.165) is 11.5 Å². The third-order valence-electron chi connectivity index (χ3n) is 2.65. The van der Waals surface area contributed by atoms with Gasteiger partial charge in [-0.2, -0.15) is 4.98 Å². The maximum Gasteiger partial charge on any atom is 0.337 e. The Morgan fingerprint density at radius 2 is 1.90 bits per heavy atom. The van der Waals surface area contributed by atoms with Crippen LogP contribution in [0.1, 0.15) is 24.2 Å². The first-order valence-corrected chi connectivity index (χ1v) is 6.63. The van der Waals surface area contributed by atoms with Crippen LogP contribution in [-0.2, 0) is 4.74 Å². The molecule has 0 radical (unpaired) electrons. The molecule has 0 saturated carbocycles. The Balaban J connectivity index is 2.09. The topological polar surface area (TPSA) is 76.1 Å². The molecule has 1 aromatic heterocycles. The zero-order chi connectivity index (χ0) is 15.2. The number of nitrogens with one attached hydrogen (secondary N) is 2. The van der Waals surface area contributed by atoms with Gasteiger partial charge in [0, 0.05) is 17.9 Å². The van der Waals surface area contributed by atoms with Crippen molar-refractivity contribution < 1.29 is 9.53 Å². The monoisotopic (exact) mass is 286 g/mol.